The second-order valence-corrected chi connectivity index (χ2v) is 6.95. The molecule has 0 aromatic carbocycles. The molecule has 0 radical (unpaired) electrons. The summed E-state index contributed by atoms with van der Waals surface area (Å²) in [6, 6.07) is -3.75. The van der Waals surface area contributed by atoms with Crippen molar-refractivity contribution in [1.29, 1.82) is 0 Å². The van der Waals surface area contributed by atoms with Crippen LogP contribution in [-0.4, -0.2) is 82.6 Å². The Hall–Kier alpha value is -2.38. The zero-order valence-electron chi connectivity index (χ0n) is 15.6. The molecular weight excluding hydrogens is 394 g/mol. The van der Waals surface area contributed by atoms with Gasteiger partial charge in [-0.2, -0.15) is 11.8 Å². The van der Waals surface area contributed by atoms with Crippen LogP contribution in [0, 0.1) is 0 Å². The first-order valence-corrected chi connectivity index (χ1v) is 9.70. The number of carboxylic acids is 1. The van der Waals surface area contributed by atoms with Gasteiger partial charge in [-0.05, 0) is 25.4 Å². The van der Waals surface area contributed by atoms with Crippen molar-refractivity contribution in [3.05, 3.63) is 0 Å². The maximum absolute atomic E-state index is 12.3. The molecule has 28 heavy (non-hydrogen) atoms. The SMILES string of the molecule is CSCCC(NC(=O)C(N)CC(N)=O)C(=O)NCC(=O)NC(C(=O)O)C(C)O. The number of aliphatic hydroxyl groups excluding tert-OH is 1. The zero-order valence-corrected chi connectivity index (χ0v) is 16.5. The van der Waals surface area contributed by atoms with Crippen molar-refractivity contribution in [3.63, 3.8) is 0 Å². The Morgan fingerprint density at radius 3 is 2.18 bits per heavy atom. The molecule has 0 aromatic heterocycles. The lowest BCUT2D eigenvalue weighted by molar-refractivity contribution is -0.144. The van der Waals surface area contributed by atoms with E-state index in [0.717, 1.165) is 0 Å². The molecule has 0 aromatic rings. The first-order chi connectivity index (χ1) is 13.0. The van der Waals surface area contributed by atoms with Crippen molar-refractivity contribution in [2.24, 2.45) is 11.5 Å². The first-order valence-electron chi connectivity index (χ1n) is 8.30. The maximum atomic E-state index is 12.3. The molecule has 0 fully saturated rings. The summed E-state index contributed by atoms with van der Waals surface area (Å²) in [6.07, 6.45) is 0.304. The molecule has 0 spiro atoms. The third-order valence-corrected chi connectivity index (χ3v) is 4.13. The van der Waals surface area contributed by atoms with Gasteiger partial charge in [0.25, 0.3) is 0 Å². The Bertz CT molecular complexity index is 587. The van der Waals surface area contributed by atoms with Crippen LogP contribution < -0.4 is 27.4 Å². The lowest BCUT2D eigenvalue weighted by Gasteiger charge is -2.21. The molecule has 0 heterocycles. The average molecular weight is 421 g/mol. The van der Waals surface area contributed by atoms with Gasteiger partial charge in [-0.15, -0.1) is 0 Å². The highest BCUT2D eigenvalue weighted by Gasteiger charge is 2.27. The molecular formula is C15H27N5O7S. The largest absolute Gasteiger partial charge is 0.480 e. The summed E-state index contributed by atoms with van der Waals surface area (Å²) in [5, 5.41) is 25.0. The molecule has 0 saturated carbocycles. The van der Waals surface area contributed by atoms with Crippen molar-refractivity contribution in [2.45, 2.75) is 44.0 Å². The van der Waals surface area contributed by atoms with Crippen LogP contribution >= 0.6 is 11.8 Å². The highest BCUT2D eigenvalue weighted by atomic mass is 32.2. The predicted molar refractivity (Wildman–Crippen MR) is 101 cm³/mol. The number of hydrogen-bond donors (Lipinski definition) is 7. The number of carbonyl (C=O) groups excluding carboxylic acids is 4. The van der Waals surface area contributed by atoms with Crippen LogP contribution in [0.25, 0.3) is 0 Å². The maximum Gasteiger partial charge on any atom is 0.328 e. The Balaban J connectivity index is 4.80. The van der Waals surface area contributed by atoms with Crippen LogP contribution in [0.15, 0.2) is 0 Å². The molecule has 0 aliphatic heterocycles. The second kappa shape index (κ2) is 12.9. The molecule has 0 bridgehead atoms. The number of nitrogens with two attached hydrogens (primary N) is 2. The van der Waals surface area contributed by atoms with Gasteiger partial charge in [-0.3, -0.25) is 19.2 Å². The number of thioether (sulfide) groups is 1. The minimum absolute atomic E-state index is 0.231. The summed E-state index contributed by atoms with van der Waals surface area (Å²) in [7, 11) is 0. The summed E-state index contributed by atoms with van der Waals surface area (Å²) in [6.45, 7) is 0.634. The van der Waals surface area contributed by atoms with Crippen LogP contribution in [0.1, 0.15) is 19.8 Å². The van der Waals surface area contributed by atoms with Crippen molar-refractivity contribution >= 4 is 41.4 Å². The number of aliphatic carboxylic acids is 1. The van der Waals surface area contributed by atoms with E-state index >= 15 is 0 Å². The van der Waals surface area contributed by atoms with Crippen LogP contribution in [0.5, 0.6) is 0 Å². The molecule has 0 saturated heterocycles. The quantitative estimate of drug-likeness (QED) is 0.157. The van der Waals surface area contributed by atoms with Gasteiger partial charge in [-0.1, -0.05) is 0 Å². The number of hydrogen-bond acceptors (Lipinski definition) is 8. The summed E-state index contributed by atoms with van der Waals surface area (Å²) >= 11 is 1.42. The van der Waals surface area contributed by atoms with Crippen molar-refractivity contribution in [3.8, 4) is 0 Å². The van der Waals surface area contributed by atoms with Gasteiger partial charge < -0.3 is 37.6 Å². The number of amides is 4. The van der Waals surface area contributed by atoms with Crippen molar-refractivity contribution < 1.29 is 34.2 Å². The van der Waals surface area contributed by atoms with Gasteiger partial charge in [0.15, 0.2) is 6.04 Å². The highest BCUT2D eigenvalue weighted by molar-refractivity contribution is 7.98. The number of carboxylic acid groups (broad SMARTS) is 1. The molecule has 160 valence electrons. The van der Waals surface area contributed by atoms with Gasteiger partial charge in [0, 0.05) is 0 Å². The van der Waals surface area contributed by atoms with E-state index in [1.54, 1.807) is 6.26 Å². The van der Waals surface area contributed by atoms with E-state index < -0.39 is 60.4 Å². The van der Waals surface area contributed by atoms with Gasteiger partial charge in [0.05, 0.1) is 25.1 Å². The predicted octanol–water partition coefficient (Wildman–Crippen LogP) is -3.51. The van der Waals surface area contributed by atoms with E-state index in [2.05, 4.69) is 16.0 Å². The molecule has 13 heteroatoms. The Morgan fingerprint density at radius 2 is 1.71 bits per heavy atom. The van der Waals surface area contributed by atoms with E-state index in [9.17, 15) is 29.1 Å². The molecule has 4 atom stereocenters. The topological polar surface area (TPSA) is 214 Å². The van der Waals surface area contributed by atoms with Crippen LogP contribution in [-0.2, 0) is 24.0 Å². The minimum Gasteiger partial charge on any atom is -0.480 e. The fraction of sp³-hybridized carbons (Fsp3) is 0.667. The molecule has 4 amide bonds. The fourth-order valence-corrected chi connectivity index (χ4v) is 2.47. The van der Waals surface area contributed by atoms with Crippen LogP contribution in [0.2, 0.25) is 0 Å². The number of nitrogens with one attached hydrogen (secondary N) is 3. The molecule has 9 N–H and O–H groups in total. The zero-order chi connectivity index (χ0) is 21.9. The standard InChI is InChI=1S/C15H27N5O7S/c1-7(21)12(15(26)27)20-11(23)6-18-14(25)9(3-4-28-2)19-13(24)8(16)5-10(17)22/h7-9,12,21H,3-6,16H2,1-2H3,(H2,17,22)(H,18,25)(H,19,24)(H,20,23)(H,26,27). The molecule has 4 unspecified atom stereocenters. The first kappa shape index (κ1) is 25.6. The monoisotopic (exact) mass is 421 g/mol. The summed E-state index contributed by atoms with van der Waals surface area (Å²) < 4.78 is 0. The average Bonchev–Trinajstić information content (AvgIpc) is 2.59. The lowest BCUT2D eigenvalue weighted by atomic mass is 10.1. The fourth-order valence-electron chi connectivity index (χ4n) is 2.00. The van der Waals surface area contributed by atoms with Crippen molar-refractivity contribution in [2.75, 3.05) is 18.6 Å². The Labute approximate surface area is 166 Å². The van der Waals surface area contributed by atoms with Gasteiger partial charge >= 0.3 is 5.97 Å². The normalized spacial score (nSPS) is 14.9. The third kappa shape index (κ3) is 10.1. The second-order valence-electron chi connectivity index (χ2n) is 5.96. The van der Waals surface area contributed by atoms with Crippen LogP contribution in [0.3, 0.4) is 0 Å². The number of rotatable bonds is 13. The van der Waals surface area contributed by atoms with Crippen LogP contribution in [0.4, 0.5) is 0 Å². The molecule has 12 nitrogen and oxygen atoms in total. The smallest absolute Gasteiger partial charge is 0.328 e. The Morgan fingerprint density at radius 1 is 1.11 bits per heavy atom. The van der Waals surface area contributed by atoms with E-state index in [4.69, 9.17) is 16.6 Å². The van der Waals surface area contributed by atoms with E-state index in [-0.39, 0.29) is 12.8 Å². The van der Waals surface area contributed by atoms with Gasteiger partial charge in [-0.25, -0.2) is 4.79 Å². The Kier molecular flexibility index (Phi) is 11.8. The highest BCUT2D eigenvalue weighted by Crippen LogP contribution is 2.02. The molecule has 0 aliphatic carbocycles. The number of aliphatic hydroxyl groups is 1. The van der Waals surface area contributed by atoms with Gasteiger partial charge in [0.1, 0.15) is 6.04 Å². The minimum atomic E-state index is -1.52. The summed E-state index contributed by atoms with van der Waals surface area (Å²) in [5.41, 5.74) is 10.5. The number of primary amides is 1. The van der Waals surface area contributed by atoms with Crippen molar-refractivity contribution in [1.82, 2.24) is 16.0 Å². The van der Waals surface area contributed by atoms with E-state index in [1.807, 2.05) is 0 Å². The van der Waals surface area contributed by atoms with Gasteiger partial charge in [0.2, 0.25) is 23.6 Å². The molecule has 0 rings (SSSR count). The van der Waals surface area contributed by atoms with E-state index in [1.165, 1.54) is 18.7 Å². The summed E-state index contributed by atoms with van der Waals surface area (Å²) in [5.74, 6) is -3.95. The summed E-state index contributed by atoms with van der Waals surface area (Å²) in [4.78, 5) is 57.8. The third-order valence-electron chi connectivity index (χ3n) is 3.49. The lowest BCUT2D eigenvalue weighted by Crippen LogP contribution is -2.55. The molecule has 0 aliphatic rings. The number of carbonyl (C=O) groups is 5. The van der Waals surface area contributed by atoms with E-state index in [0.29, 0.717) is 5.75 Å².